The molecule has 0 radical (unpaired) electrons. The van der Waals surface area contributed by atoms with Gasteiger partial charge in [-0.3, -0.25) is 9.20 Å². The van der Waals surface area contributed by atoms with Gasteiger partial charge in [0, 0.05) is 43.0 Å². The highest BCUT2D eigenvalue weighted by Crippen LogP contribution is 2.35. The normalized spacial score (nSPS) is 15.2. The van der Waals surface area contributed by atoms with E-state index in [1.165, 1.54) is 4.40 Å². The number of aryl methyl sites for hydroxylation is 1. The van der Waals surface area contributed by atoms with E-state index >= 15 is 0 Å². The van der Waals surface area contributed by atoms with Crippen LogP contribution < -0.4 is 15.5 Å². The van der Waals surface area contributed by atoms with Crippen molar-refractivity contribution in [2.75, 3.05) is 43.6 Å². The Hall–Kier alpha value is -3.86. The Morgan fingerprint density at radius 2 is 1.86 bits per heavy atom. The number of aromatic nitrogens is 3. The van der Waals surface area contributed by atoms with Crippen LogP contribution in [0, 0.1) is 6.92 Å². The van der Waals surface area contributed by atoms with Crippen LogP contribution in [0.15, 0.2) is 42.6 Å². The Kier molecular flexibility index (Phi) is 6.40. The van der Waals surface area contributed by atoms with Gasteiger partial charge >= 0.3 is 6.18 Å². The second-order valence-corrected chi connectivity index (χ2v) is 9.07. The fourth-order valence-electron chi connectivity index (χ4n) is 4.68. The Labute approximate surface area is 211 Å². The number of para-hydroxylation sites is 1. The van der Waals surface area contributed by atoms with Crippen LogP contribution in [0.2, 0.25) is 0 Å². The summed E-state index contributed by atoms with van der Waals surface area (Å²) in [5, 5.41) is 6.56. The molecule has 1 amide bonds. The van der Waals surface area contributed by atoms with E-state index < -0.39 is 11.9 Å². The molecule has 1 unspecified atom stereocenters. The quantitative estimate of drug-likeness (QED) is 0.407. The number of hydrogen-bond acceptors (Lipinski definition) is 6. The first-order chi connectivity index (χ1) is 17.7. The summed E-state index contributed by atoms with van der Waals surface area (Å²) in [6, 6.07) is 10.6. The Balaban J connectivity index is 1.70. The van der Waals surface area contributed by atoms with Crippen LogP contribution in [0.4, 0.5) is 24.8 Å². The number of nitrogens with zero attached hydrogens (tertiary/aromatic N) is 4. The minimum atomic E-state index is -4.59. The molecule has 2 aromatic carbocycles. The fourth-order valence-corrected chi connectivity index (χ4v) is 4.68. The molecule has 5 rings (SSSR count). The number of amides is 1. The van der Waals surface area contributed by atoms with Gasteiger partial charge in [0.05, 0.1) is 30.3 Å². The van der Waals surface area contributed by atoms with E-state index in [4.69, 9.17) is 9.72 Å². The lowest BCUT2D eigenvalue weighted by Gasteiger charge is -2.29. The Morgan fingerprint density at radius 1 is 1.14 bits per heavy atom. The summed E-state index contributed by atoms with van der Waals surface area (Å²) in [6.07, 6.45) is -3.58. The highest BCUT2D eigenvalue weighted by atomic mass is 19.4. The van der Waals surface area contributed by atoms with Crippen LogP contribution in [0.1, 0.15) is 40.1 Å². The molecule has 194 valence electrons. The lowest BCUT2D eigenvalue weighted by Crippen LogP contribution is -2.38. The average Bonchev–Trinajstić information content (AvgIpc) is 3.35. The fraction of sp³-hybridized carbons (Fsp3) is 0.346. The smallest absolute Gasteiger partial charge is 0.378 e. The first kappa shape index (κ1) is 24.8. The molecule has 3 heterocycles. The maximum atomic E-state index is 13.7. The summed E-state index contributed by atoms with van der Waals surface area (Å²) in [5.41, 5.74) is 2.55. The maximum Gasteiger partial charge on any atom is 0.434 e. The zero-order chi connectivity index (χ0) is 26.3. The first-order valence-corrected chi connectivity index (χ1v) is 12.0. The molecule has 1 fully saturated rings. The number of fused-ring (bicyclic) bond motifs is 3. The van der Waals surface area contributed by atoms with Gasteiger partial charge in [-0.05, 0) is 37.6 Å². The van der Waals surface area contributed by atoms with Crippen LogP contribution in [0.3, 0.4) is 0 Å². The number of hydrogen-bond donors (Lipinski definition) is 2. The number of morpholine rings is 1. The summed E-state index contributed by atoms with van der Waals surface area (Å²) in [4.78, 5) is 23.2. The van der Waals surface area contributed by atoms with Crippen LogP contribution in [-0.2, 0) is 10.9 Å². The number of rotatable bonds is 5. The molecular formula is C26H27F3N6O2. The molecule has 0 spiro atoms. The third-order valence-corrected chi connectivity index (χ3v) is 6.48. The molecule has 1 aliphatic rings. The van der Waals surface area contributed by atoms with Crippen LogP contribution in [-0.4, -0.2) is 53.6 Å². The number of benzene rings is 2. The standard InChI is InChI=1S/C26H27F3N6O2/c1-15-12-18(16(2)31-20-7-5-4-6-17(20)24(36)30-3)22-19(13-15)23-32-21(26(27,28)29)14-35(23)25(33-22)34-8-10-37-11-9-34/h4-7,12-14,16,31H,8-11H2,1-3H3,(H,30,36). The van der Waals surface area contributed by atoms with E-state index in [9.17, 15) is 18.0 Å². The van der Waals surface area contributed by atoms with Crippen molar-refractivity contribution in [1.29, 1.82) is 0 Å². The molecule has 0 bridgehead atoms. The zero-order valence-electron chi connectivity index (χ0n) is 20.7. The van der Waals surface area contributed by atoms with E-state index in [2.05, 4.69) is 15.6 Å². The van der Waals surface area contributed by atoms with Crippen LogP contribution >= 0.6 is 0 Å². The molecule has 8 nitrogen and oxygen atoms in total. The van der Waals surface area contributed by atoms with Crippen molar-refractivity contribution in [2.45, 2.75) is 26.1 Å². The van der Waals surface area contributed by atoms with Gasteiger partial charge in [0.1, 0.15) is 5.65 Å². The molecule has 1 atom stereocenters. The third kappa shape index (κ3) is 4.66. The van der Waals surface area contributed by atoms with Gasteiger partial charge in [-0.1, -0.05) is 18.2 Å². The molecule has 2 N–H and O–H groups in total. The SMILES string of the molecule is CNC(=O)c1ccccc1NC(C)c1cc(C)cc2c1nc(N1CCOCC1)n1cc(C(F)(F)F)nc21. The molecule has 1 aliphatic heterocycles. The number of imidazole rings is 1. The van der Waals surface area contributed by atoms with E-state index in [0.29, 0.717) is 54.4 Å². The highest BCUT2D eigenvalue weighted by Gasteiger charge is 2.35. The summed E-state index contributed by atoms with van der Waals surface area (Å²) < 4.78 is 47.9. The van der Waals surface area contributed by atoms with E-state index in [0.717, 1.165) is 17.3 Å². The van der Waals surface area contributed by atoms with Crippen molar-refractivity contribution in [3.63, 3.8) is 0 Å². The Bertz CT molecular complexity index is 1480. The zero-order valence-corrected chi connectivity index (χ0v) is 20.7. The van der Waals surface area contributed by atoms with Gasteiger partial charge in [0.2, 0.25) is 5.95 Å². The predicted molar refractivity (Wildman–Crippen MR) is 135 cm³/mol. The van der Waals surface area contributed by atoms with Crippen molar-refractivity contribution in [3.8, 4) is 0 Å². The van der Waals surface area contributed by atoms with Crippen molar-refractivity contribution in [2.24, 2.45) is 0 Å². The molecule has 11 heteroatoms. The van der Waals surface area contributed by atoms with Crippen molar-refractivity contribution >= 4 is 34.1 Å². The van der Waals surface area contributed by atoms with Crippen molar-refractivity contribution in [3.05, 3.63) is 65.0 Å². The number of ether oxygens (including phenoxy) is 1. The number of nitrogens with one attached hydrogen (secondary N) is 2. The van der Waals surface area contributed by atoms with E-state index in [1.807, 2.05) is 43.0 Å². The molecule has 2 aromatic heterocycles. The molecular weight excluding hydrogens is 485 g/mol. The van der Waals surface area contributed by atoms with Crippen LogP contribution in [0.5, 0.6) is 0 Å². The number of carbonyl (C=O) groups excluding carboxylic acids is 1. The average molecular weight is 513 g/mol. The minimum absolute atomic E-state index is 0.196. The summed E-state index contributed by atoms with van der Waals surface area (Å²) in [5.74, 6) is 0.160. The Morgan fingerprint density at radius 3 is 2.57 bits per heavy atom. The molecule has 4 aromatic rings. The highest BCUT2D eigenvalue weighted by molar-refractivity contribution is 6.00. The minimum Gasteiger partial charge on any atom is -0.378 e. The molecule has 0 aliphatic carbocycles. The lowest BCUT2D eigenvalue weighted by atomic mass is 10.0. The van der Waals surface area contributed by atoms with Gasteiger partial charge < -0.3 is 20.3 Å². The van der Waals surface area contributed by atoms with Gasteiger partial charge in [-0.15, -0.1) is 0 Å². The third-order valence-electron chi connectivity index (χ3n) is 6.48. The van der Waals surface area contributed by atoms with Crippen molar-refractivity contribution in [1.82, 2.24) is 19.7 Å². The topological polar surface area (TPSA) is 83.8 Å². The van der Waals surface area contributed by atoms with Gasteiger partial charge in [0.15, 0.2) is 5.69 Å². The largest absolute Gasteiger partial charge is 0.434 e. The summed E-state index contributed by atoms with van der Waals surface area (Å²) >= 11 is 0. The molecule has 0 saturated carbocycles. The molecule has 1 saturated heterocycles. The second-order valence-electron chi connectivity index (χ2n) is 9.07. The first-order valence-electron chi connectivity index (χ1n) is 12.0. The second kappa shape index (κ2) is 9.55. The summed E-state index contributed by atoms with van der Waals surface area (Å²) in [6.45, 7) is 5.73. The van der Waals surface area contributed by atoms with E-state index in [1.54, 1.807) is 19.2 Å². The van der Waals surface area contributed by atoms with Crippen LogP contribution in [0.25, 0.3) is 16.6 Å². The number of alkyl halides is 3. The number of carbonyl (C=O) groups is 1. The number of anilines is 2. The number of halogens is 3. The summed E-state index contributed by atoms with van der Waals surface area (Å²) in [7, 11) is 1.57. The van der Waals surface area contributed by atoms with E-state index in [-0.39, 0.29) is 17.6 Å². The molecule has 37 heavy (non-hydrogen) atoms. The maximum absolute atomic E-state index is 13.7. The predicted octanol–water partition coefficient (Wildman–Crippen LogP) is 4.58. The van der Waals surface area contributed by atoms with Gasteiger partial charge in [-0.25, -0.2) is 9.97 Å². The monoisotopic (exact) mass is 512 g/mol. The van der Waals surface area contributed by atoms with Gasteiger partial charge in [-0.2, -0.15) is 13.2 Å². The lowest BCUT2D eigenvalue weighted by molar-refractivity contribution is -0.140. The van der Waals surface area contributed by atoms with Crippen molar-refractivity contribution < 1.29 is 22.7 Å². The van der Waals surface area contributed by atoms with Gasteiger partial charge in [0.25, 0.3) is 5.91 Å².